The molecule has 3 rings (SSSR count). The Morgan fingerprint density at radius 3 is 2.61 bits per heavy atom. The van der Waals surface area contributed by atoms with E-state index < -0.39 is 6.10 Å². The summed E-state index contributed by atoms with van der Waals surface area (Å²) in [5, 5.41) is 19.7. The van der Waals surface area contributed by atoms with Crippen LogP contribution in [0.25, 0.3) is 11.0 Å². The number of imidazole rings is 1. The molecular formula is C17H17BrN2O3. The van der Waals surface area contributed by atoms with Crippen LogP contribution in [-0.4, -0.2) is 32.5 Å². The fourth-order valence-corrected chi connectivity index (χ4v) is 2.70. The highest BCUT2D eigenvalue weighted by molar-refractivity contribution is 9.10. The number of rotatable bonds is 6. The number of benzene rings is 2. The molecule has 0 aliphatic heterocycles. The first-order valence-corrected chi connectivity index (χ1v) is 8.08. The van der Waals surface area contributed by atoms with Crippen molar-refractivity contribution in [1.29, 1.82) is 0 Å². The van der Waals surface area contributed by atoms with Gasteiger partial charge in [0.2, 0.25) is 0 Å². The lowest BCUT2D eigenvalue weighted by molar-refractivity contribution is 0.0915. The Hall–Kier alpha value is -1.89. The highest BCUT2D eigenvalue weighted by atomic mass is 79.9. The molecule has 0 aliphatic rings. The van der Waals surface area contributed by atoms with Crippen molar-refractivity contribution in [1.82, 2.24) is 9.55 Å². The average Bonchev–Trinajstić information content (AvgIpc) is 2.92. The van der Waals surface area contributed by atoms with Gasteiger partial charge >= 0.3 is 0 Å². The number of halogens is 1. The minimum Gasteiger partial charge on any atom is -0.491 e. The van der Waals surface area contributed by atoms with Crippen LogP contribution in [-0.2, 0) is 13.2 Å². The smallest absolute Gasteiger partial charge is 0.135 e. The Labute approximate surface area is 142 Å². The van der Waals surface area contributed by atoms with Gasteiger partial charge in [-0.05, 0) is 36.4 Å². The van der Waals surface area contributed by atoms with Crippen molar-refractivity contribution in [3.63, 3.8) is 0 Å². The topological polar surface area (TPSA) is 67.5 Å². The molecule has 0 saturated heterocycles. The van der Waals surface area contributed by atoms with Gasteiger partial charge in [-0.25, -0.2) is 4.98 Å². The van der Waals surface area contributed by atoms with Crippen molar-refractivity contribution >= 4 is 27.0 Å². The van der Waals surface area contributed by atoms with Gasteiger partial charge in [0.15, 0.2) is 0 Å². The van der Waals surface area contributed by atoms with Crippen LogP contribution in [0.3, 0.4) is 0 Å². The van der Waals surface area contributed by atoms with E-state index in [4.69, 9.17) is 4.74 Å². The zero-order valence-electron chi connectivity index (χ0n) is 12.4. The number of aromatic nitrogens is 2. The van der Waals surface area contributed by atoms with Gasteiger partial charge in [-0.3, -0.25) is 0 Å². The van der Waals surface area contributed by atoms with Gasteiger partial charge in [0.05, 0.1) is 17.6 Å². The number of aliphatic hydroxyl groups is 2. The van der Waals surface area contributed by atoms with E-state index in [0.29, 0.717) is 18.1 Å². The minimum atomic E-state index is -0.707. The molecule has 1 heterocycles. The minimum absolute atomic E-state index is 0.166. The summed E-state index contributed by atoms with van der Waals surface area (Å²) >= 11 is 3.37. The van der Waals surface area contributed by atoms with E-state index in [-0.39, 0.29) is 13.2 Å². The zero-order valence-corrected chi connectivity index (χ0v) is 14.0. The van der Waals surface area contributed by atoms with Crippen LogP contribution in [0.4, 0.5) is 0 Å². The third kappa shape index (κ3) is 3.72. The number of para-hydroxylation sites is 2. The summed E-state index contributed by atoms with van der Waals surface area (Å²) in [6.45, 7) is 0.306. The van der Waals surface area contributed by atoms with Crippen LogP contribution >= 0.6 is 15.9 Å². The van der Waals surface area contributed by atoms with E-state index in [9.17, 15) is 10.2 Å². The second kappa shape index (κ2) is 7.12. The number of nitrogens with zero attached hydrogens (tertiary/aromatic N) is 2. The van der Waals surface area contributed by atoms with Gasteiger partial charge in [-0.2, -0.15) is 0 Å². The molecule has 0 amide bonds. The molecule has 3 aromatic rings. The van der Waals surface area contributed by atoms with E-state index in [0.717, 1.165) is 15.5 Å². The Morgan fingerprint density at radius 1 is 1.13 bits per heavy atom. The summed E-state index contributed by atoms with van der Waals surface area (Å²) in [6, 6.07) is 15.1. The molecule has 0 spiro atoms. The fourth-order valence-electron chi connectivity index (χ4n) is 2.44. The molecule has 2 aromatic carbocycles. The molecule has 1 atom stereocenters. The monoisotopic (exact) mass is 376 g/mol. The van der Waals surface area contributed by atoms with Gasteiger partial charge in [0, 0.05) is 4.47 Å². The highest BCUT2D eigenvalue weighted by Gasteiger charge is 2.14. The Bertz CT molecular complexity index is 786. The van der Waals surface area contributed by atoms with Gasteiger partial charge in [-0.15, -0.1) is 0 Å². The SMILES string of the molecule is OCc1nc2ccccc2n1C[C@H](O)COc1ccc(Br)cc1. The van der Waals surface area contributed by atoms with E-state index in [1.807, 2.05) is 53.1 Å². The van der Waals surface area contributed by atoms with E-state index in [2.05, 4.69) is 20.9 Å². The molecule has 1 aromatic heterocycles. The first kappa shape index (κ1) is 16.0. The van der Waals surface area contributed by atoms with Crippen LogP contribution < -0.4 is 4.74 Å². The molecule has 0 radical (unpaired) electrons. The normalized spacial score (nSPS) is 12.5. The van der Waals surface area contributed by atoms with Crippen LogP contribution in [0.1, 0.15) is 5.82 Å². The van der Waals surface area contributed by atoms with E-state index in [1.165, 1.54) is 0 Å². The molecule has 5 nitrogen and oxygen atoms in total. The first-order valence-electron chi connectivity index (χ1n) is 7.29. The molecule has 0 bridgehead atoms. The Kier molecular flexibility index (Phi) is 4.95. The van der Waals surface area contributed by atoms with Gasteiger partial charge in [0.25, 0.3) is 0 Å². The fraction of sp³-hybridized carbons (Fsp3) is 0.235. The maximum atomic E-state index is 10.3. The summed E-state index contributed by atoms with van der Waals surface area (Å²) < 4.78 is 8.39. The summed E-state index contributed by atoms with van der Waals surface area (Å²) in [6.07, 6.45) is -0.707. The third-order valence-corrected chi connectivity index (χ3v) is 4.05. The Morgan fingerprint density at radius 2 is 1.87 bits per heavy atom. The summed E-state index contributed by atoms with van der Waals surface area (Å²) in [5.74, 6) is 1.24. The molecule has 0 fully saturated rings. The second-order valence-electron chi connectivity index (χ2n) is 5.20. The average molecular weight is 377 g/mol. The van der Waals surface area contributed by atoms with Crippen LogP contribution in [0.5, 0.6) is 5.75 Å². The number of ether oxygens (including phenoxy) is 1. The molecule has 2 N–H and O–H groups in total. The van der Waals surface area contributed by atoms with Crippen molar-refractivity contribution < 1.29 is 14.9 Å². The van der Waals surface area contributed by atoms with Crippen LogP contribution in [0.15, 0.2) is 53.0 Å². The van der Waals surface area contributed by atoms with Crippen molar-refractivity contribution in [2.45, 2.75) is 19.3 Å². The van der Waals surface area contributed by atoms with Crippen molar-refractivity contribution in [2.75, 3.05) is 6.61 Å². The zero-order chi connectivity index (χ0) is 16.2. The largest absolute Gasteiger partial charge is 0.491 e. The van der Waals surface area contributed by atoms with Gasteiger partial charge in [-0.1, -0.05) is 28.1 Å². The molecular weight excluding hydrogens is 360 g/mol. The highest BCUT2D eigenvalue weighted by Crippen LogP contribution is 2.18. The maximum absolute atomic E-state index is 10.3. The molecule has 0 aliphatic carbocycles. The lowest BCUT2D eigenvalue weighted by Gasteiger charge is -2.15. The molecule has 6 heteroatoms. The summed E-state index contributed by atoms with van der Waals surface area (Å²) in [4.78, 5) is 4.37. The number of fused-ring (bicyclic) bond motifs is 1. The van der Waals surface area contributed by atoms with Crippen LogP contribution in [0.2, 0.25) is 0 Å². The van der Waals surface area contributed by atoms with E-state index in [1.54, 1.807) is 0 Å². The lowest BCUT2D eigenvalue weighted by atomic mass is 10.3. The number of aliphatic hydroxyl groups excluding tert-OH is 2. The summed E-state index contributed by atoms with van der Waals surface area (Å²) in [7, 11) is 0. The molecule has 0 unspecified atom stereocenters. The number of hydrogen-bond acceptors (Lipinski definition) is 4. The molecule has 23 heavy (non-hydrogen) atoms. The predicted molar refractivity (Wildman–Crippen MR) is 91.3 cm³/mol. The third-order valence-electron chi connectivity index (χ3n) is 3.52. The van der Waals surface area contributed by atoms with Crippen molar-refractivity contribution in [3.8, 4) is 5.75 Å². The number of hydrogen-bond donors (Lipinski definition) is 2. The van der Waals surface area contributed by atoms with E-state index >= 15 is 0 Å². The standard InChI is InChI=1S/C17H17BrN2O3/c18-12-5-7-14(8-6-12)23-11-13(22)9-20-16-4-2-1-3-15(16)19-17(20)10-21/h1-8,13,21-22H,9-11H2/t13-/m0/s1. The van der Waals surface area contributed by atoms with Crippen molar-refractivity contribution in [3.05, 3.63) is 58.8 Å². The quantitative estimate of drug-likeness (QED) is 0.693. The Balaban J connectivity index is 1.70. The second-order valence-corrected chi connectivity index (χ2v) is 6.12. The summed E-state index contributed by atoms with van der Waals surface area (Å²) in [5.41, 5.74) is 1.69. The van der Waals surface area contributed by atoms with Crippen LogP contribution in [0, 0.1) is 0 Å². The molecule has 120 valence electrons. The van der Waals surface area contributed by atoms with Gasteiger partial charge in [0.1, 0.15) is 30.9 Å². The predicted octanol–water partition coefficient (Wildman–Crippen LogP) is 2.73. The maximum Gasteiger partial charge on any atom is 0.135 e. The van der Waals surface area contributed by atoms with Gasteiger partial charge < -0.3 is 19.5 Å². The first-order chi connectivity index (χ1) is 11.2. The molecule has 0 saturated carbocycles. The lowest BCUT2D eigenvalue weighted by Crippen LogP contribution is -2.24. The van der Waals surface area contributed by atoms with Crippen molar-refractivity contribution in [2.24, 2.45) is 0 Å².